The molecule has 108 valence electrons. The van der Waals surface area contributed by atoms with Gasteiger partial charge in [0.05, 0.1) is 6.54 Å². The molecule has 4 heteroatoms. The molecule has 2 fully saturated rings. The van der Waals surface area contributed by atoms with Gasteiger partial charge in [0.15, 0.2) is 0 Å². The van der Waals surface area contributed by atoms with Gasteiger partial charge in [0.1, 0.15) is 0 Å². The third-order valence-corrected chi connectivity index (χ3v) is 4.83. The SMILES string of the molecule is NCC1(c2ccc(N3CCNC(=O)C3)cc2)CCCC1. The highest BCUT2D eigenvalue weighted by Gasteiger charge is 2.34. The van der Waals surface area contributed by atoms with Crippen molar-refractivity contribution in [3.05, 3.63) is 29.8 Å². The molecule has 20 heavy (non-hydrogen) atoms. The molecule has 1 aromatic carbocycles. The largest absolute Gasteiger partial charge is 0.360 e. The second-order valence-corrected chi connectivity index (χ2v) is 6.01. The van der Waals surface area contributed by atoms with Gasteiger partial charge in [-0.2, -0.15) is 0 Å². The molecule has 3 N–H and O–H groups in total. The molecule has 1 heterocycles. The molecule has 1 amide bonds. The van der Waals surface area contributed by atoms with Gasteiger partial charge < -0.3 is 16.0 Å². The minimum absolute atomic E-state index is 0.106. The Bertz CT molecular complexity index is 477. The lowest BCUT2D eigenvalue weighted by molar-refractivity contribution is -0.120. The molecule has 0 aromatic heterocycles. The summed E-state index contributed by atoms with van der Waals surface area (Å²) in [7, 11) is 0. The lowest BCUT2D eigenvalue weighted by atomic mass is 9.79. The predicted octanol–water partition coefficient (Wildman–Crippen LogP) is 1.39. The molecule has 0 radical (unpaired) electrons. The number of nitrogens with two attached hydrogens (primary N) is 1. The summed E-state index contributed by atoms with van der Waals surface area (Å²) < 4.78 is 0. The number of nitrogens with one attached hydrogen (secondary N) is 1. The molecular weight excluding hydrogens is 250 g/mol. The Balaban J connectivity index is 1.78. The first-order valence-electron chi connectivity index (χ1n) is 7.56. The van der Waals surface area contributed by atoms with E-state index in [0.29, 0.717) is 6.54 Å². The summed E-state index contributed by atoms with van der Waals surface area (Å²) in [5, 5.41) is 2.86. The van der Waals surface area contributed by atoms with Crippen LogP contribution in [0, 0.1) is 0 Å². The summed E-state index contributed by atoms with van der Waals surface area (Å²) in [6.07, 6.45) is 4.97. The van der Waals surface area contributed by atoms with Gasteiger partial charge in [-0.15, -0.1) is 0 Å². The number of carbonyl (C=O) groups is 1. The number of hydrogen-bond acceptors (Lipinski definition) is 3. The highest BCUT2D eigenvalue weighted by Crippen LogP contribution is 2.40. The topological polar surface area (TPSA) is 58.4 Å². The lowest BCUT2D eigenvalue weighted by Crippen LogP contribution is -2.47. The number of hydrogen-bond donors (Lipinski definition) is 2. The Hall–Kier alpha value is -1.55. The molecule has 0 unspecified atom stereocenters. The zero-order valence-corrected chi connectivity index (χ0v) is 11.9. The summed E-state index contributed by atoms with van der Waals surface area (Å²) in [6.45, 7) is 2.81. The van der Waals surface area contributed by atoms with Gasteiger partial charge in [0.2, 0.25) is 5.91 Å². The maximum Gasteiger partial charge on any atom is 0.239 e. The quantitative estimate of drug-likeness (QED) is 0.875. The van der Waals surface area contributed by atoms with Gasteiger partial charge in [-0.1, -0.05) is 25.0 Å². The van der Waals surface area contributed by atoms with Crippen LogP contribution >= 0.6 is 0 Å². The van der Waals surface area contributed by atoms with Crippen molar-refractivity contribution in [1.29, 1.82) is 0 Å². The van der Waals surface area contributed by atoms with Crippen molar-refractivity contribution in [3.63, 3.8) is 0 Å². The normalized spacial score (nSPS) is 21.9. The molecule has 1 aliphatic carbocycles. The van der Waals surface area contributed by atoms with Gasteiger partial charge in [-0.3, -0.25) is 4.79 Å². The van der Waals surface area contributed by atoms with Crippen LogP contribution in [0.25, 0.3) is 0 Å². The summed E-state index contributed by atoms with van der Waals surface area (Å²) >= 11 is 0. The van der Waals surface area contributed by atoms with Crippen LogP contribution in [0.15, 0.2) is 24.3 Å². The van der Waals surface area contributed by atoms with E-state index in [1.165, 1.54) is 31.2 Å². The van der Waals surface area contributed by atoms with E-state index in [-0.39, 0.29) is 11.3 Å². The molecule has 0 atom stereocenters. The maximum atomic E-state index is 11.5. The first-order valence-corrected chi connectivity index (χ1v) is 7.56. The average molecular weight is 273 g/mol. The first-order chi connectivity index (χ1) is 9.73. The van der Waals surface area contributed by atoms with E-state index in [4.69, 9.17) is 5.73 Å². The highest BCUT2D eigenvalue weighted by atomic mass is 16.2. The van der Waals surface area contributed by atoms with Gasteiger partial charge in [-0.05, 0) is 30.5 Å². The minimum atomic E-state index is 0.106. The van der Waals surface area contributed by atoms with Crippen molar-refractivity contribution >= 4 is 11.6 Å². The van der Waals surface area contributed by atoms with E-state index in [1.807, 2.05) is 0 Å². The van der Waals surface area contributed by atoms with Crippen LogP contribution in [0.2, 0.25) is 0 Å². The van der Waals surface area contributed by atoms with E-state index < -0.39 is 0 Å². The van der Waals surface area contributed by atoms with Crippen LogP contribution in [0.1, 0.15) is 31.2 Å². The van der Waals surface area contributed by atoms with Crippen LogP contribution < -0.4 is 16.0 Å². The number of piperazine rings is 1. The third-order valence-electron chi connectivity index (χ3n) is 4.83. The van der Waals surface area contributed by atoms with Crippen molar-refractivity contribution in [2.45, 2.75) is 31.1 Å². The standard InChI is InChI=1S/C16H23N3O/c17-12-16(7-1-2-8-16)13-3-5-14(6-4-13)19-10-9-18-15(20)11-19/h3-6H,1-2,7-12,17H2,(H,18,20). The van der Waals surface area contributed by atoms with E-state index in [0.717, 1.165) is 25.3 Å². The Morgan fingerprint density at radius 3 is 2.50 bits per heavy atom. The fraction of sp³-hybridized carbons (Fsp3) is 0.562. The number of benzene rings is 1. The Kier molecular flexibility index (Phi) is 3.66. The highest BCUT2D eigenvalue weighted by molar-refractivity contribution is 5.82. The number of rotatable bonds is 3. The Morgan fingerprint density at radius 1 is 1.20 bits per heavy atom. The first kappa shape index (κ1) is 13.4. The molecular formula is C16H23N3O. The Morgan fingerprint density at radius 2 is 1.90 bits per heavy atom. The fourth-order valence-corrected chi connectivity index (χ4v) is 3.55. The van der Waals surface area contributed by atoms with Crippen LogP contribution in [-0.4, -0.2) is 32.1 Å². The molecule has 1 aliphatic heterocycles. The molecule has 4 nitrogen and oxygen atoms in total. The molecule has 3 rings (SSSR count). The molecule has 1 aromatic rings. The van der Waals surface area contributed by atoms with Crippen LogP contribution in [0.4, 0.5) is 5.69 Å². The second kappa shape index (κ2) is 5.44. The van der Waals surface area contributed by atoms with E-state index in [1.54, 1.807) is 0 Å². The fourth-order valence-electron chi connectivity index (χ4n) is 3.55. The monoisotopic (exact) mass is 273 g/mol. The van der Waals surface area contributed by atoms with Gasteiger partial charge in [-0.25, -0.2) is 0 Å². The second-order valence-electron chi connectivity index (χ2n) is 6.01. The van der Waals surface area contributed by atoms with Gasteiger partial charge in [0, 0.05) is 30.7 Å². The minimum Gasteiger partial charge on any atom is -0.360 e. The van der Waals surface area contributed by atoms with Crippen molar-refractivity contribution in [2.24, 2.45) is 5.73 Å². The Labute approximate surface area is 120 Å². The number of carbonyl (C=O) groups excluding carboxylic acids is 1. The summed E-state index contributed by atoms with van der Waals surface area (Å²) in [6, 6.07) is 8.70. The molecule has 2 aliphatic rings. The van der Waals surface area contributed by atoms with E-state index >= 15 is 0 Å². The molecule has 0 bridgehead atoms. The maximum absolute atomic E-state index is 11.5. The summed E-state index contributed by atoms with van der Waals surface area (Å²) in [5.74, 6) is 0.106. The van der Waals surface area contributed by atoms with Crippen molar-refractivity contribution in [2.75, 3.05) is 31.1 Å². The van der Waals surface area contributed by atoms with Crippen LogP contribution in [0.5, 0.6) is 0 Å². The lowest BCUT2D eigenvalue weighted by Gasteiger charge is -2.31. The zero-order valence-electron chi connectivity index (χ0n) is 11.9. The molecule has 0 spiro atoms. The van der Waals surface area contributed by atoms with Gasteiger partial charge >= 0.3 is 0 Å². The summed E-state index contributed by atoms with van der Waals surface area (Å²) in [4.78, 5) is 13.6. The number of nitrogens with zero attached hydrogens (tertiary/aromatic N) is 1. The van der Waals surface area contributed by atoms with Crippen molar-refractivity contribution < 1.29 is 4.79 Å². The van der Waals surface area contributed by atoms with Crippen LogP contribution in [0.3, 0.4) is 0 Å². The predicted molar refractivity (Wildman–Crippen MR) is 80.9 cm³/mol. The summed E-state index contributed by atoms with van der Waals surface area (Å²) in [5.41, 5.74) is 8.73. The van der Waals surface area contributed by atoms with Crippen molar-refractivity contribution in [1.82, 2.24) is 5.32 Å². The average Bonchev–Trinajstić information content (AvgIpc) is 2.98. The van der Waals surface area contributed by atoms with Gasteiger partial charge in [0.25, 0.3) is 0 Å². The third kappa shape index (κ3) is 2.40. The molecule has 1 saturated heterocycles. The number of amides is 1. The zero-order chi connectivity index (χ0) is 14.0. The van der Waals surface area contributed by atoms with Crippen LogP contribution in [-0.2, 0) is 10.2 Å². The number of anilines is 1. The van der Waals surface area contributed by atoms with E-state index in [2.05, 4.69) is 34.5 Å². The smallest absolute Gasteiger partial charge is 0.239 e. The van der Waals surface area contributed by atoms with E-state index in [9.17, 15) is 4.79 Å². The van der Waals surface area contributed by atoms with Crippen molar-refractivity contribution in [3.8, 4) is 0 Å². The molecule has 1 saturated carbocycles.